The molecule has 3 aromatic rings. The maximum absolute atomic E-state index is 12.5. The molecule has 0 saturated heterocycles. The highest BCUT2D eigenvalue weighted by Crippen LogP contribution is 2.23. The van der Waals surface area contributed by atoms with Crippen molar-refractivity contribution in [1.29, 1.82) is 0 Å². The molecule has 0 bridgehead atoms. The first kappa shape index (κ1) is 20.5. The number of rotatable bonds is 7. The smallest absolute Gasteiger partial charge is 0.185 e. The Bertz CT molecular complexity index is 1090. The van der Waals surface area contributed by atoms with E-state index in [1.54, 1.807) is 36.4 Å². The third-order valence-corrected chi connectivity index (χ3v) is 6.38. The second-order valence-electron chi connectivity index (χ2n) is 6.21. The van der Waals surface area contributed by atoms with E-state index >= 15 is 0 Å². The Labute approximate surface area is 173 Å². The number of benzene rings is 2. The third-order valence-electron chi connectivity index (χ3n) is 4.01. The summed E-state index contributed by atoms with van der Waals surface area (Å²) in [5, 5.41) is 0.847. The normalized spacial score (nSPS) is 11.4. The van der Waals surface area contributed by atoms with Crippen LogP contribution < -0.4 is 0 Å². The molecule has 0 unspecified atom stereocenters. The van der Waals surface area contributed by atoms with Gasteiger partial charge in [0.25, 0.3) is 0 Å². The number of sulfone groups is 1. The van der Waals surface area contributed by atoms with Gasteiger partial charge in [-0.2, -0.15) is 0 Å². The average molecular weight is 435 g/mol. The quantitative estimate of drug-likeness (QED) is 0.558. The van der Waals surface area contributed by atoms with Gasteiger partial charge in [0.05, 0.1) is 14.9 Å². The van der Waals surface area contributed by atoms with Crippen LogP contribution in [0, 0.1) is 0 Å². The van der Waals surface area contributed by atoms with Crippen LogP contribution in [0.25, 0.3) is 0 Å². The average Bonchev–Trinajstić information content (AvgIpc) is 2.65. The summed E-state index contributed by atoms with van der Waals surface area (Å²) in [6, 6.07) is 13.0. The highest BCUT2D eigenvalue weighted by Gasteiger charge is 2.17. The van der Waals surface area contributed by atoms with Gasteiger partial charge in [0.15, 0.2) is 9.84 Å². The molecule has 0 aliphatic carbocycles. The van der Waals surface area contributed by atoms with E-state index in [9.17, 15) is 13.2 Å². The number of hydrogen-bond donors (Lipinski definition) is 0. The molecule has 0 amide bonds. The lowest BCUT2D eigenvalue weighted by Gasteiger charge is -2.06. The van der Waals surface area contributed by atoms with Crippen molar-refractivity contribution in [2.75, 3.05) is 0 Å². The molecular formula is C20H16Cl2N2O3S. The Morgan fingerprint density at radius 2 is 1.46 bits per heavy atom. The largest absolute Gasteiger partial charge is 0.299 e. The van der Waals surface area contributed by atoms with Gasteiger partial charge in [-0.3, -0.25) is 4.79 Å². The van der Waals surface area contributed by atoms with Gasteiger partial charge in [0.1, 0.15) is 17.4 Å². The molecule has 0 saturated carbocycles. The van der Waals surface area contributed by atoms with Crippen LogP contribution in [-0.2, 0) is 33.2 Å². The Hall–Kier alpha value is -2.28. The molecule has 0 atom stereocenters. The molecule has 3 rings (SSSR count). The number of carbonyl (C=O) groups is 1. The van der Waals surface area contributed by atoms with Crippen molar-refractivity contribution in [2.45, 2.75) is 23.5 Å². The summed E-state index contributed by atoms with van der Waals surface area (Å²) in [7, 11) is -3.55. The summed E-state index contributed by atoms with van der Waals surface area (Å²) in [5.74, 6) is -0.0428. The van der Waals surface area contributed by atoms with Crippen LogP contribution >= 0.6 is 23.2 Å². The standard InChI is InChI=1S/C20H16Cl2N2O3S/c21-18-7-4-15(12-19(18)22)11-16(25)10-14-2-5-17(6-3-14)28(26,27)13-20-23-8-1-9-24-20/h1-9,12H,10-11,13H2. The molecule has 8 heteroatoms. The van der Waals surface area contributed by atoms with E-state index in [1.807, 2.05) is 0 Å². The summed E-state index contributed by atoms with van der Waals surface area (Å²) >= 11 is 11.8. The van der Waals surface area contributed by atoms with E-state index in [-0.39, 0.29) is 35.1 Å². The number of hydrogen-bond acceptors (Lipinski definition) is 5. The lowest BCUT2D eigenvalue weighted by atomic mass is 10.0. The Morgan fingerprint density at radius 3 is 2.11 bits per heavy atom. The van der Waals surface area contributed by atoms with Crippen molar-refractivity contribution in [2.24, 2.45) is 0 Å². The lowest BCUT2D eigenvalue weighted by molar-refractivity contribution is -0.117. The molecule has 1 heterocycles. The Balaban J connectivity index is 1.65. The first-order valence-corrected chi connectivity index (χ1v) is 10.8. The number of aromatic nitrogens is 2. The van der Waals surface area contributed by atoms with E-state index in [1.165, 1.54) is 24.5 Å². The van der Waals surface area contributed by atoms with Gasteiger partial charge in [0.2, 0.25) is 0 Å². The molecule has 5 nitrogen and oxygen atoms in total. The van der Waals surface area contributed by atoms with E-state index < -0.39 is 9.84 Å². The van der Waals surface area contributed by atoms with E-state index in [4.69, 9.17) is 23.2 Å². The van der Waals surface area contributed by atoms with Crippen LogP contribution in [0.2, 0.25) is 10.0 Å². The van der Waals surface area contributed by atoms with Gasteiger partial charge in [0, 0.05) is 25.2 Å². The van der Waals surface area contributed by atoms with E-state index in [0.29, 0.717) is 10.0 Å². The predicted octanol–water partition coefficient (Wildman–Crippen LogP) is 4.11. The summed E-state index contributed by atoms with van der Waals surface area (Å²) in [5.41, 5.74) is 1.52. The van der Waals surface area contributed by atoms with Crippen molar-refractivity contribution < 1.29 is 13.2 Å². The zero-order valence-electron chi connectivity index (χ0n) is 14.7. The summed E-state index contributed by atoms with van der Waals surface area (Å²) in [6.45, 7) is 0. The lowest BCUT2D eigenvalue weighted by Crippen LogP contribution is -2.09. The van der Waals surface area contributed by atoms with Crippen molar-refractivity contribution in [3.63, 3.8) is 0 Å². The van der Waals surface area contributed by atoms with Gasteiger partial charge in [-0.05, 0) is 41.5 Å². The van der Waals surface area contributed by atoms with Crippen molar-refractivity contribution in [3.8, 4) is 0 Å². The van der Waals surface area contributed by atoms with Gasteiger partial charge >= 0.3 is 0 Å². The number of carbonyl (C=O) groups excluding carboxylic acids is 1. The van der Waals surface area contributed by atoms with Crippen LogP contribution in [0.15, 0.2) is 65.8 Å². The molecule has 144 valence electrons. The van der Waals surface area contributed by atoms with Gasteiger partial charge in [-0.15, -0.1) is 0 Å². The minimum absolute atomic E-state index is 0.00770. The molecule has 2 aromatic carbocycles. The molecule has 0 radical (unpaired) electrons. The highest BCUT2D eigenvalue weighted by atomic mass is 35.5. The predicted molar refractivity (Wildman–Crippen MR) is 108 cm³/mol. The third kappa shape index (κ3) is 5.38. The molecule has 0 aliphatic heterocycles. The molecule has 0 fully saturated rings. The molecule has 1 aromatic heterocycles. The fraction of sp³-hybridized carbons (Fsp3) is 0.150. The van der Waals surface area contributed by atoms with Gasteiger partial charge in [-0.25, -0.2) is 18.4 Å². The zero-order chi connectivity index (χ0) is 20.1. The van der Waals surface area contributed by atoms with Crippen LogP contribution in [0.3, 0.4) is 0 Å². The van der Waals surface area contributed by atoms with E-state index in [2.05, 4.69) is 9.97 Å². The minimum Gasteiger partial charge on any atom is -0.299 e. The SMILES string of the molecule is O=C(Cc1ccc(S(=O)(=O)Cc2ncccn2)cc1)Cc1ccc(Cl)c(Cl)c1. The van der Waals surface area contributed by atoms with Crippen molar-refractivity contribution >= 4 is 38.8 Å². The van der Waals surface area contributed by atoms with Crippen molar-refractivity contribution in [3.05, 3.63) is 87.9 Å². The number of halogens is 2. The van der Waals surface area contributed by atoms with Gasteiger partial charge < -0.3 is 0 Å². The fourth-order valence-corrected chi connectivity index (χ4v) is 4.17. The highest BCUT2D eigenvalue weighted by molar-refractivity contribution is 7.90. The summed E-state index contributed by atoms with van der Waals surface area (Å²) in [4.78, 5) is 20.3. The monoisotopic (exact) mass is 434 g/mol. The molecule has 0 spiro atoms. The van der Waals surface area contributed by atoms with Crippen LogP contribution in [0.4, 0.5) is 0 Å². The number of ketones is 1. The minimum atomic E-state index is -3.55. The first-order chi connectivity index (χ1) is 13.3. The number of Topliss-reactive ketones (excluding diaryl/α,β-unsaturated/α-hetero) is 1. The Morgan fingerprint density at radius 1 is 0.857 bits per heavy atom. The fourth-order valence-electron chi connectivity index (χ4n) is 2.64. The maximum Gasteiger partial charge on any atom is 0.185 e. The topological polar surface area (TPSA) is 77.0 Å². The first-order valence-electron chi connectivity index (χ1n) is 8.37. The zero-order valence-corrected chi connectivity index (χ0v) is 17.0. The maximum atomic E-state index is 12.5. The van der Waals surface area contributed by atoms with E-state index in [0.717, 1.165) is 11.1 Å². The molecule has 0 N–H and O–H groups in total. The second-order valence-corrected chi connectivity index (χ2v) is 9.01. The molecule has 28 heavy (non-hydrogen) atoms. The van der Waals surface area contributed by atoms with Crippen LogP contribution in [0.5, 0.6) is 0 Å². The Kier molecular flexibility index (Phi) is 6.44. The summed E-state index contributed by atoms with van der Waals surface area (Å²) < 4.78 is 24.9. The second kappa shape index (κ2) is 8.82. The van der Waals surface area contributed by atoms with Crippen LogP contribution in [0.1, 0.15) is 17.0 Å². The number of nitrogens with zero attached hydrogens (tertiary/aromatic N) is 2. The van der Waals surface area contributed by atoms with Crippen LogP contribution in [-0.4, -0.2) is 24.2 Å². The molecule has 0 aliphatic rings. The summed E-state index contributed by atoms with van der Waals surface area (Å²) in [6.07, 6.45) is 3.42. The van der Waals surface area contributed by atoms with Crippen molar-refractivity contribution in [1.82, 2.24) is 9.97 Å². The molecular weight excluding hydrogens is 419 g/mol. The van der Waals surface area contributed by atoms with Gasteiger partial charge in [-0.1, -0.05) is 41.4 Å².